The fraction of sp³-hybridized carbons (Fsp3) is 0.357. The number of hydrogen-bond donors (Lipinski definition) is 3. The Morgan fingerprint density at radius 2 is 2.39 bits per heavy atom. The van der Waals surface area contributed by atoms with Crippen molar-refractivity contribution in [2.45, 2.75) is 25.3 Å². The summed E-state index contributed by atoms with van der Waals surface area (Å²) in [4.78, 5) is 7.35. The van der Waals surface area contributed by atoms with E-state index in [-0.39, 0.29) is 0 Å². The van der Waals surface area contributed by atoms with Gasteiger partial charge in [0, 0.05) is 37.1 Å². The van der Waals surface area contributed by atoms with Crippen LogP contribution in [0.4, 0.5) is 5.69 Å². The van der Waals surface area contributed by atoms with Gasteiger partial charge in [0.2, 0.25) is 0 Å². The molecule has 2 aromatic rings. The Bertz CT molecular complexity index is 519. The smallest absolute Gasteiger partial charge is 0.107 e. The van der Waals surface area contributed by atoms with E-state index < -0.39 is 0 Å². The maximum Gasteiger partial charge on any atom is 0.107 e. The third-order valence-corrected chi connectivity index (χ3v) is 3.55. The molecular weight excluding hydrogens is 224 g/mol. The van der Waals surface area contributed by atoms with Gasteiger partial charge in [-0.15, -0.1) is 0 Å². The maximum atomic E-state index is 5.81. The van der Waals surface area contributed by atoms with Gasteiger partial charge < -0.3 is 16.0 Å². The molecule has 1 aliphatic rings. The Kier molecular flexibility index (Phi) is 3.02. The molecule has 0 spiro atoms. The van der Waals surface area contributed by atoms with Gasteiger partial charge in [-0.05, 0) is 36.1 Å². The molecule has 0 saturated carbocycles. The first-order valence-corrected chi connectivity index (χ1v) is 6.43. The quantitative estimate of drug-likeness (QED) is 0.716. The van der Waals surface area contributed by atoms with Crippen molar-refractivity contribution in [2.24, 2.45) is 0 Å². The first kappa shape index (κ1) is 11.3. The zero-order valence-corrected chi connectivity index (χ0v) is 10.3. The van der Waals surface area contributed by atoms with Crippen molar-refractivity contribution in [2.75, 3.05) is 12.3 Å². The molecule has 0 fully saturated rings. The number of nitrogens with one attached hydrogen (secondary N) is 2. The van der Waals surface area contributed by atoms with Gasteiger partial charge >= 0.3 is 0 Å². The largest absolute Gasteiger partial charge is 0.399 e. The number of nitrogens with two attached hydrogens (primary N) is 1. The number of nitrogens with zero attached hydrogens (tertiary/aromatic N) is 1. The van der Waals surface area contributed by atoms with Gasteiger partial charge in [-0.2, -0.15) is 0 Å². The lowest BCUT2D eigenvalue weighted by molar-refractivity contribution is 0.530. The van der Waals surface area contributed by atoms with Gasteiger partial charge in [-0.1, -0.05) is 6.07 Å². The molecule has 94 valence electrons. The number of imidazole rings is 1. The summed E-state index contributed by atoms with van der Waals surface area (Å²) in [6, 6.07) is 6.72. The lowest BCUT2D eigenvalue weighted by Crippen LogP contribution is -2.22. The van der Waals surface area contributed by atoms with Gasteiger partial charge in [0.25, 0.3) is 0 Å². The molecule has 18 heavy (non-hydrogen) atoms. The summed E-state index contributed by atoms with van der Waals surface area (Å²) in [5.41, 5.74) is 9.47. The Hall–Kier alpha value is -1.81. The molecule has 0 amide bonds. The molecule has 4 N–H and O–H groups in total. The second-order valence-corrected chi connectivity index (χ2v) is 4.79. The molecular formula is C14H18N4. The predicted octanol–water partition coefficient (Wildman–Crippen LogP) is 1.81. The van der Waals surface area contributed by atoms with Crippen LogP contribution in [0.5, 0.6) is 0 Å². The zero-order valence-electron chi connectivity index (χ0n) is 10.3. The molecule has 1 aromatic heterocycles. The van der Waals surface area contributed by atoms with Crippen molar-refractivity contribution >= 4 is 5.69 Å². The van der Waals surface area contributed by atoms with E-state index in [9.17, 15) is 0 Å². The molecule has 0 saturated heterocycles. The molecule has 4 nitrogen and oxygen atoms in total. The average molecular weight is 242 g/mol. The van der Waals surface area contributed by atoms with Crippen LogP contribution in [0.15, 0.2) is 30.6 Å². The monoisotopic (exact) mass is 242 g/mol. The minimum absolute atomic E-state index is 0.468. The zero-order chi connectivity index (χ0) is 12.4. The van der Waals surface area contributed by atoms with Crippen LogP contribution in [0.2, 0.25) is 0 Å². The number of aromatic amines is 1. The van der Waals surface area contributed by atoms with E-state index in [1.807, 2.05) is 12.3 Å². The van der Waals surface area contributed by atoms with Gasteiger partial charge in [0.05, 0.1) is 0 Å². The van der Waals surface area contributed by atoms with Crippen molar-refractivity contribution in [3.63, 3.8) is 0 Å². The van der Waals surface area contributed by atoms with Gasteiger partial charge in [0.1, 0.15) is 5.82 Å². The summed E-state index contributed by atoms with van der Waals surface area (Å²) >= 11 is 0. The van der Waals surface area contributed by atoms with E-state index in [0.717, 1.165) is 37.3 Å². The highest BCUT2D eigenvalue weighted by molar-refractivity contribution is 5.47. The van der Waals surface area contributed by atoms with Crippen LogP contribution < -0.4 is 11.1 Å². The highest BCUT2D eigenvalue weighted by atomic mass is 14.9. The van der Waals surface area contributed by atoms with Crippen LogP contribution in [0, 0.1) is 0 Å². The Balaban J connectivity index is 1.59. The first-order chi connectivity index (χ1) is 8.83. The third kappa shape index (κ3) is 2.24. The molecule has 4 heteroatoms. The Morgan fingerprint density at radius 3 is 3.22 bits per heavy atom. The molecule has 1 atom stereocenters. The Morgan fingerprint density at radius 1 is 1.44 bits per heavy atom. The maximum absolute atomic E-state index is 5.81. The van der Waals surface area contributed by atoms with Crippen molar-refractivity contribution in [1.29, 1.82) is 0 Å². The highest BCUT2D eigenvalue weighted by Gasteiger charge is 2.21. The van der Waals surface area contributed by atoms with Crippen LogP contribution in [0.1, 0.15) is 29.4 Å². The molecule has 1 heterocycles. The number of fused-ring (bicyclic) bond motifs is 1. The Labute approximate surface area is 107 Å². The van der Waals surface area contributed by atoms with E-state index in [0.29, 0.717) is 6.04 Å². The number of nitrogen functional groups attached to an aromatic ring is 1. The number of rotatable bonds is 4. The standard InChI is InChI=1S/C14H18N4/c15-11-2-3-12-10(9-11)1-4-13(12)16-6-5-14-17-7-8-18-14/h2-3,7-9,13,16H,1,4-6,15H2,(H,17,18). The van der Waals surface area contributed by atoms with Crippen LogP contribution in [0.25, 0.3) is 0 Å². The molecule has 1 aromatic carbocycles. The van der Waals surface area contributed by atoms with Crippen LogP contribution in [-0.4, -0.2) is 16.5 Å². The van der Waals surface area contributed by atoms with E-state index in [2.05, 4.69) is 27.4 Å². The molecule has 0 aliphatic heterocycles. The lowest BCUT2D eigenvalue weighted by Gasteiger charge is -2.13. The normalized spacial score (nSPS) is 17.9. The van der Waals surface area contributed by atoms with E-state index in [4.69, 9.17) is 5.73 Å². The average Bonchev–Trinajstić information content (AvgIpc) is 2.99. The second-order valence-electron chi connectivity index (χ2n) is 4.79. The SMILES string of the molecule is Nc1ccc2c(c1)CCC2NCCc1ncc[nH]1. The second kappa shape index (κ2) is 4.82. The summed E-state index contributed by atoms with van der Waals surface area (Å²) < 4.78 is 0. The van der Waals surface area contributed by atoms with Crippen LogP contribution >= 0.6 is 0 Å². The molecule has 3 rings (SSSR count). The third-order valence-electron chi connectivity index (χ3n) is 3.55. The predicted molar refractivity (Wildman–Crippen MR) is 72.2 cm³/mol. The van der Waals surface area contributed by atoms with E-state index in [1.54, 1.807) is 6.20 Å². The van der Waals surface area contributed by atoms with Crippen molar-refractivity contribution in [3.05, 3.63) is 47.5 Å². The van der Waals surface area contributed by atoms with Crippen LogP contribution in [0.3, 0.4) is 0 Å². The van der Waals surface area contributed by atoms with Gasteiger partial charge in [-0.3, -0.25) is 0 Å². The summed E-state index contributed by atoms with van der Waals surface area (Å²) in [6.45, 7) is 0.946. The fourth-order valence-electron chi connectivity index (χ4n) is 2.65. The van der Waals surface area contributed by atoms with Crippen molar-refractivity contribution < 1.29 is 0 Å². The topological polar surface area (TPSA) is 66.7 Å². The number of hydrogen-bond acceptors (Lipinski definition) is 3. The minimum atomic E-state index is 0.468. The van der Waals surface area contributed by atoms with Crippen molar-refractivity contribution in [1.82, 2.24) is 15.3 Å². The van der Waals surface area contributed by atoms with E-state index >= 15 is 0 Å². The first-order valence-electron chi connectivity index (χ1n) is 6.43. The fourth-order valence-corrected chi connectivity index (χ4v) is 2.65. The van der Waals surface area contributed by atoms with Gasteiger partial charge in [0.15, 0.2) is 0 Å². The lowest BCUT2D eigenvalue weighted by atomic mass is 10.1. The minimum Gasteiger partial charge on any atom is -0.399 e. The van der Waals surface area contributed by atoms with E-state index in [1.165, 1.54) is 11.1 Å². The van der Waals surface area contributed by atoms with Crippen LogP contribution in [-0.2, 0) is 12.8 Å². The summed E-state index contributed by atoms with van der Waals surface area (Å²) in [6.07, 6.45) is 6.88. The molecule has 0 radical (unpaired) electrons. The number of H-pyrrole nitrogens is 1. The summed E-state index contributed by atoms with van der Waals surface area (Å²) in [5.74, 6) is 1.04. The summed E-state index contributed by atoms with van der Waals surface area (Å²) in [5, 5.41) is 3.59. The molecule has 0 bridgehead atoms. The molecule has 1 aliphatic carbocycles. The van der Waals surface area contributed by atoms with Crippen molar-refractivity contribution in [3.8, 4) is 0 Å². The number of benzene rings is 1. The number of anilines is 1. The highest BCUT2D eigenvalue weighted by Crippen LogP contribution is 2.32. The van der Waals surface area contributed by atoms with Gasteiger partial charge in [-0.25, -0.2) is 4.98 Å². The summed E-state index contributed by atoms with van der Waals surface area (Å²) in [7, 11) is 0. The molecule has 1 unspecified atom stereocenters. The number of aryl methyl sites for hydroxylation is 1. The number of aromatic nitrogens is 2.